The number of hydrogen-bond donors (Lipinski definition) is 2. The van der Waals surface area contributed by atoms with Crippen LogP contribution in [0.2, 0.25) is 0 Å². The molecule has 0 spiro atoms. The van der Waals surface area contributed by atoms with Crippen molar-refractivity contribution in [1.29, 1.82) is 0 Å². The summed E-state index contributed by atoms with van der Waals surface area (Å²) >= 11 is 0. The van der Waals surface area contributed by atoms with Gasteiger partial charge in [0, 0.05) is 51.5 Å². The van der Waals surface area contributed by atoms with Gasteiger partial charge >= 0.3 is 0 Å². The van der Waals surface area contributed by atoms with E-state index in [-0.39, 0.29) is 29.9 Å². The maximum atomic E-state index is 11.6. The maximum Gasteiger partial charge on any atom is 0.251 e. The summed E-state index contributed by atoms with van der Waals surface area (Å²) in [6, 6.07) is 13.6. The molecule has 0 bridgehead atoms. The number of anilines is 1. The van der Waals surface area contributed by atoms with Gasteiger partial charge in [-0.1, -0.05) is 18.2 Å². The molecule has 2 heterocycles. The zero-order chi connectivity index (χ0) is 19.8. The second-order valence-corrected chi connectivity index (χ2v) is 6.61. The van der Waals surface area contributed by atoms with Gasteiger partial charge in [0.1, 0.15) is 5.82 Å². The summed E-state index contributed by atoms with van der Waals surface area (Å²) in [5, 5.41) is 6.03. The Morgan fingerprint density at radius 2 is 1.83 bits per heavy atom. The average Bonchev–Trinajstić information content (AvgIpc) is 2.77. The smallest absolute Gasteiger partial charge is 0.251 e. The summed E-state index contributed by atoms with van der Waals surface area (Å²) in [7, 11) is 1.64. The highest BCUT2D eigenvalue weighted by Crippen LogP contribution is 2.13. The Morgan fingerprint density at radius 3 is 2.41 bits per heavy atom. The summed E-state index contributed by atoms with van der Waals surface area (Å²) in [5.74, 6) is 1.88. The van der Waals surface area contributed by atoms with Crippen molar-refractivity contribution in [3.05, 3.63) is 59.8 Å². The number of nitrogens with one attached hydrogen (secondary N) is 2. The van der Waals surface area contributed by atoms with E-state index in [1.165, 1.54) is 0 Å². The van der Waals surface area contributed by atoms with Crippen LogP contribution in [-0.2, 0) is 6.54 Å². The van der Waals surface area contributed by atoms with Crippen molar-refractivity contribution in [2.75, 3.05) is 44.7 Å². The number of aliphatic imine (C=N–C) groups is 1. The van der Waals surface area contributed by atoms with E-state index in [0.29, 0.717) is 12.1 Å². The van der Waals surface area contributed by atoms with Gasteiger partial charge in [-0.25, -0.2) is 9.98 Å². The molecule has 1 aliphatic heterocycles. The van der Waals surface area contributed by atoms with E-state index in [4.69, 9.17) is 4.99 Å². The molecule has 0 atom stereocenters. The number of benzene rings is 1. The largest absolute Gasteiger partial charge is 0.357 e. The van der Waals surface area contributed by atoms with E-state index in [0.717, 1.165) is 50.1 Å². The molecule has 1 saturated heterocycles. The van der Waals surface area contributed by atoms with Gasteiger partial charge in [-0.05, 0) is 36.8 Å². The average molecular weight is 508 g/mol. The lowest BCUT2D eigenvalue weighted by atomic mass is 10.1. The highest BCUT2D eigenvalue weighted by molar-refractivity contribution is 14.0. The minimum absolute atomic E-state index is 0. The standard InChI is InChI=1S/C21H28N6O.HI/c1-3-23-21(25-16-17-7-9-18(10-8-17)20(28)22-2)27-14-12-26(13-15-27)19-6-4-5-11-24-19;/h4-11H,3,12-16H2,1-2H3,(H,22,28)(H,23,25);1H. The van der Waals surface area contributed by atoms with Crippen LogP contribution in [0.15, 0.2) is 53.7 Å². The molecule has 29 heavy (non-hydrogen) atoms. The number of aromatic nitrogens is 1. The number of amides is 1. The van der Waals surface area contributed by atoms with E-state index in [2.05, 4.69) is 38.4 Å². The summed E-state index contributed by atoms with van der Waals surface area (Å²) in [6.45, 7) is 7.13. The lowest BCUT2D eigenvalue weighted by Crippen LogP contribution is -2.52. The number of pyridine rings is 1. The molecule has 1 aliphatic rings. The molecular weight excluding hydrogens is 479 g/mol. The number of carbonyl (C=O) groups is 1. The van der Waals surface area contributed by atoms with Gasteiger partial charge < -0.3 is 20.4 Å². The second kappa shape index (κ2) is 11.6. The Morgan fingerprint density at radius 1 is 1.10 bits per heavy atom. The molecule has 1 fully saturated rings. The van der Waals surface area contributed by atoms with Crippen molar-refractivity contribution in [2.24, 2.45) is 4.99 Å². The Kier molecular flexibility index (Phi) is 9.17. The van der Waals surface area contributed by atoms with Gasteiger partial charge in [0.2, 0.25) is 0 Å². The topological polar surface area (TPSA) is 72.9 Å². The van der Waals surface area contributed by atoms with Crippen LogP contribution in [0.3, 0.4) is 0 Å². The molecule has 1 aromatic carbocycles. The van der Waals surface area contributed by atoms with Crippen LogP contribution in [0.1, 0.15) is 22.8 Å². The number of piperazine rings is 1. The van der Waals surface area contributed by atoms with E-state index in [1.807, 2.05) is 42.6 Å². The van der Waals surface area contributed by atoms with Crippen LogP contribution in [0.25, 0.3) is 0 Å². The number of hydrogen-bond acceptors (Lipinski definition) is 4. The molecule has 0 aliphatic carbocycles. The van der Waals surface area contributed by atoms with Gasteiger partial charge in [-0.2, -0.15) is 0 Å². The Balaban J connectivity index is 0.00000300. The van der Waals surface area contributed by atoms with Crippen molar-refractivity contribution < 1.29 is 4.79 Å². The molecule has 1 aromatic heterocycles. The van der Waals surface area contributed by atoms with Crippen molar-refractivity contribution in [3.8, 4) is 0 Å². The van der Waals surface area contributed by atoms with Gasteiger partial charge in [-0.15, -0.1) is 24.0 Å². The third-order valence-corrected chi connectivity index (χ3v) is 4.74. The number of nitrogens with zero attached hydrogens (tertiary/aromatic N) is 4. The minimum Gasteiger partial charge on any atom is -0.357 e. The van der Waals surface area contributed by atoms with Crippen molar-refractivity contribution >= 4 is 41.7 Å². The monoisotopic (exact) mass is 508 g/mol. The van der Waals surface area contributed by atoms with Crippen LogP contribution >= 0.6 is 24.0 Å². The Hall–Kier alpha value is -2.36. The maximum absolute atomic E-state index is 11.6. The fourth-order valence-corrected chi connectivity index (χ4v) is 3.19. The van der Waals surface area contributed by atoms with Gasteiger partial charge in [0.15, 0.2) is 5.96 Å². The molecule has 1 amide bonds. The Bertz CT molecular complexity index is 789. The molecule has 2 N–H and O–H groups in total. The van der Waals surface area contributed by atoms with Crippen LogP contribution in [0.5, 0.6) is 0 Å². The fraction of sp³-hybridized carbons (Fsp3) is 0.381. The molecular formula is C21H29IN6O. The number of carbonyl (C=O) groups excluding carboxylic acids is 1. The second-order valence-electron chi connectivity index (χ2n) is 6.61. The van der Waals surface area contributed by atoms with Crippen LogP contribution in [0, 0.1) is 0 Å². The molecule has 8 heteroatoms. The summed E-state index contributed by atoms with van der Waals surface area (Å²) in [5.41, 5.74) is 1.74. The number of halogens is 1. The zero-order valence-electron chi connectivity index (χ0n) is 17.0. The van der Waals surface area contributed by atoms with E-state index >= 15 is 0 Å². The van der Waals surface area contributed by atoms with Crippen LogP contribution < -0.4 is 15.5 Å². The molecule has 3 rings (SSSR count). The van der Waals surface area contributed by atoms with E-state index in [1.54, 1.807) is 7.05 Å². The number of rotatable bonds is 5. The molecule has 156 valence electrons. The molecule has 0 radical (unpaired) electrons. The highest BCUT2D eigenvalue weighted by Gasteiger charge is 2.20. The lowest BCUT2D eigenvalue weighted by Gasteiger charge is -2.37. The first kappa shape index (κ1) is 22.9. The van der Waals surface area contributed by atoms with Crippen LogP contribution in [-0.4, -0.2) is 61.5 Å². The lowest BCUT2D eigenvalue weighted by molar-refractivity contribution is 0.0963. The molecule has 0 unspecified atom stereocenters. The van der Waals surface area contributed by atoms with Crippen LogP contribution in [0.4, 0.5) is 5.82 Å². The van der Waals surface area contributed by atoms with Gasteiger partial charge in [0.25, 0.3) is 5.91 Å². The zero-order valence-corrected chi connectivity index (χ0v) is 19.3. The SMILES string of the molecule is CCNC(=NCc1ccc(C(=O)NC)cc1)N1CCN(c2ccccn2)CC1.I. The highest BCUT2D eigenvalue weighted by atomic mass is 127. The third kappa shape index (κ3) is 6.31. The van der Waals surface area contributed by atoms with Crippen molar-refractivity contribution in [3.63, 3.8) is 0 Å². The normalized spacial score (nSPS) is 14.2. The third-order valence-electron chi connectivity index (χ3n) is 4.74. The first-order valence-corrected chi connectivity index (χ1v) is 9.71. The summed E-state index contributed by atoms with van der Waals surface area (Å²) in [6.07, 6.45) is 1.84. The first-order valence-electron chi connectivity index (χ1n) is 9.71. The fourth-order valence-electron chi connectivity index (χ4n) is 3.19. The minimum atomic E-state index is -0.0748. The molecule has 0 saturated carbocycles. The molecule has 2 aromatic rings. The quantitative estimate of drug-likeness (QED) is 0.369. The predicted octanol–water partition coefficient (Wildman–Crippen LogP) is 2.35. The van der Waals surface area contributed by atoms with E-state index in [9.17, 15) is 4.79 Å². The van der Waals surface area contributed by atoms with E-state index < -0.39 is 0 Å². The van der Waals surface area contributed by atoms with Crippen molar-refractivity contribution in [1.82, 2.24) is 20.5 Å². The first-order chi connectivity index (χ1) is 13.7. The molecule has 7 nitrogen and oxygen atoms in total. The van der Waals surface area contributed by atoms with Crippen molar-refractivity contribution in [2.45, 2.75) is 13.5 Å². The Labute approximate surface area is 189 Å². The summed E-state index contributed by atoms with van der Waals surface area (Å²) in [4.78, 5) is 25.5. The van der Waals surface area contributed by atoms with Gasteiger partial charge in [0.05, 0.1) is 6.54 Å². The number of guanidine groups is 1. The summed E-state index contributed by atoms with van der Waals surface area (Å²) < 4.78 is 0. The van der Waals surface area contributed by atoms with Gasteiger partial charge in [-0.3, -0.25) is 4.79 Å². The predicted molar refractivity (Wildman–Crippen MR) is 128 cm³/mol.